The maximum Gasteiger partial charge on any atom is 0.256 e. The van der Waals surface area contributed by atoms with Crippen molar-refractivity contribution < 1.29 is 19.4 Å². The fourth-order valence-electron chi connectivity index (χ4n) is 4.86. The number of fused-ring (bicyclic) bond motifs is 2. The monoisotopic (exact) mass is 438 g/mol. The van der Waals surface area contributed by atoms with E-state index in [9.17, 15) is 9.90 Å². The van der Waals surface area contributed by atoms with Gasteiger partial charge in [-0.25, -0.2) is 0 Å². The number of methoxy groups -OCH3 is 1. The first kappa shape index (κ1) is 21.2. The second-order valence-corrected chi connectivity index (χ2v) is 8.59. The van der Waals surface area contributed by atoms with Crippen LogP contribution in [-0.2, 0) is 16.0 Å². The number of H-pyrrole nitrogens is 1. The van der Waals surface area contributed by atoms with Gasteiger partial charge in [-0.3, -0.25) is 14.6 Å². The number of hydrogen-bond donors (Lipinski definition) is 3. The SMILES string of the molecule is COc1ccc2c(c1)/C(=C/c1[nH]c3c(c1C)C(O)N(CCN1CCOCC1)CC3)C(=O)N2. The van der Waals surface area contributed by atoms with E-state index in [0.29, 0.717) is 11.3 Å². The number of morpholine rings is 1. The highest BCUT2D eigenvalue weighted by Crippen LogP contribution is 2.38. The molecule has 1 saturated heterocycles. The van der Waals surface area contributed by atoms with Crippen molar-refractivity contribution in [3.63, 3.8) is 0 Å². The van der Waals surface area contributed by atoms with E-state index in [2.05, 4.69) is 20.1 Å². The number of rotatable bonds is 5. The van der Waals surface area contributed by atoms with Gasteiger partial charge >= 0.3 is 0 Å². The third kappa shape index (κ3) is 3.84. The Bertz CT molecular complexity index is 1050. The van der Waals surface area contributed by atoms with Crippen LogP contribution in [0.4, 0.5) is 5.69 Å². The second kappa shape index (κ2) is 8.71. The van der Waals surface area contributed by atoms with Crippen LogP contribution in [0.5, 0.6) is 5.75 Å². The molecule has 0 spiro atoms. The van der Waals surface area contributed by atoms with Crippen LogP contribution in [-0.4, -0.2) is 78.8 Å². The molecule has 8 heteroatoms. The first-order valence-electron chi connectivity index (χ1n) is 11.2. The van der Waals surface area contributed by atoms with Crippen molar-refractivity contribution in [1.29, 1.82) is 0 Å². The van der Waals surface area contributed by atoms with Gasteiger partial charge in [-0.05, 0) is 36.8 Å². The molecule has 0 saturated carbocycles. The molecule has 8 nitrogen and oxygen atoms in total. The number of aromatic amines is 1. The number of aliphatic hydroxyl groups excluding tert-OH is 1. The molecular weight excluding hydrogens is 408 g/mol. The number of amides is 1. The third-order valence-electron chi connectivity index (χ3n) is 6.78. The molecule has 5 rings (SSSR count). The van der Waals surface area contributed by atoms with E-state index in [1.807, 2.05) is 31.2 Å². The van der Waals surface area contributed by atoms with Crippen molar-refractivity contribution in [1.82, 2.24) is 14.8 Å². The van der Waals surface area contributed by atoms with Crippen molar-refractivity contribution in [3.8, 4) is 5.75 Å². The Kier molecular flexibility index (Phi) is 5.77. The Hall–Kier alpha value is -2.65. The smallest absolute Gasteiger partial charge is 0.256 e. The number of aliphatic hydroxyl groups is 1. The molecule has 170 valence electrons. The van der Waals surface area contributed by atoms with Gasteiger partial charge in [-0.1, -0.05) is 0 Å². The van der Waals surface area contributed by atoms with Gasteiger partial charge in [0, 0.05) is 67.3 Å². The van der Waals surface area contributed by atoms with E-state index in [1.165, 1.54) is 0 Å². The maximum atomic E-state index is 12.6. The number of nitrogens with zero attached hydrogens (tertiary/aromatic N) is 2. The Labute approximate surface area is 187 Å². The zero-order chi connectivity index (χ0) is 22.2. The summed E-state index contributed by atoms with van der Waals surface area (Å²) in [6.45, 7) is 8.01. The first-order valence-corrected chi connectivity index (χ1v) is 11.2. The van der Waals surface area contributed by atoms with E-state index in [1.54, 1.807) is 7.11 Å². The van der Waals surface area contributed by atoms with Gasteiger partial charge in [-0.2, -0.15) is 0 Å². The predicted molar refractivity (Wildman–Crippen MR) is 123 cm³/mol. The summed E-state index contributed by atoms with van der Waals surface area (Å²) < 4.78 is 10.8. The molecule has 2 aromatic rings. The van der Waals surface area contributed by atoms with Crippen molar-refractivity contribution >= 4 is 23.2 Å². The van der Waals surface area contributed by atoms with Gasteiger partial charge < -0.3 is 24.9 Å². The van der Waals surface area contributed by atoms with Crippen molar-refractivity contribution in [3.05, 3.63) is 46.3 Å². The largest absolute Gasteiger partial charge is 0.497 e. The van der Waals surface area contributed by atoms with Crippen molar-refractivity contribution in [2.24, 2.45) is 0 Å². The van der Waals surface area contributed by atoms with Gasteiger partial charge in [-0.15, -0.1) is 0 Å². The highest BCUT2D eigenvalue weighted by molar-refractivity contribution is 6.35. The summed E-state index contributed by atoms with van der Waals surface area (Å²) in [5.74, 6) is 0.577. The van der Waals surface area contributed by atoms with E-state index < -0.39 is 6.23 Å². The lowest BCUT2D eigenvalue weighted by Crippen LogP contribution is -2.44. The molecule has 0 radical (unpaired) electrons. The van der Waals surface area contributed by atoms with E-state index >= 15 is 0 Å². The van der Waals surface area contributed by atoms with Crippen LogP contribution in [0.15, 0.2) is 18.2 Å². The molecule has 4 heterocycles. The summed E-state index contributed by atoms with van der Waals surface area (Å²) in [4.78, 5) is 20.6. The molecule has 3 N–H and O–H groups in total. The average Bonchev–Trinajstić information content (AvgIpc) is 3.30. The summed E-state index contributed by atoms with van der Waals surface area (Å²) in [7, 11) is 1.62. The Morgan fingerprint density at radius 1 is 1.25 bits per heavy atom. The number of anilines is 1. The summed E-state index contributed by atoms with van der Waals surface area (Å²) >= 11 is 0. The number of hydrogen-bond acceptors (Lipinski definition) is 6. The molecular formula is C24H30N4O4. The molecule has 3 aliphatic heterocycles. The molecule has 1 unspecified atom stereocenters. The number of carbonyl (C=O) groups excluding carboxylic acids is 1. The van der Waals surface area contributed by atoms with Gasteiger partial charge in [0.1, 0.15) is 12.0 Å². The lowest BCUT2D eigenvalue weighted by Gasteiger charge is -2.35. The van der Waals surface area contributed by atoms with Crippen molar-refractivity contribution in [2.75, 3.05) is 58.4 Å². The highest BCUT2D eigenvalue weighted by atomic mass is 16.5. The topological polar surface area (TPSA) is 90.1 Å². The van der Waals surface area contributed by atoms with E-state index in [4.69, 9.17) is 9.47 Å². The fourth-order valence-corrected chi connectivity index (χ4v) is 4.86. The predicted octanol–water partition coefficient (Wildman–Crippen LogP) is 2.01. The number of benzene rings is 1. The standard InChI is InChI=1S/C24H30N4O4/c1-15-21(14-18-17-13-16(31-2)3-4-19(17)26-23(18)29)25-20-5-6-28(24(30)22(15)20)8-7-27-9-11-32-12-10-27/h3-4,13-14,24-25,30H,5-12H2,1-2H3,(H,26,29)/b18-14-. The quantitative estimate of drug-likeness (QED) is 0.619. The second-order valence-electron chi connectivity index (χ2n) is 8.59. The Balaban J connectivity index is 1.38. The van der Waals surface area contributed by atoms with Crippen LogP contribution in [0, 0.1) is 6.92 Å². The molecule has 1 aromatic carbocycles. The lowest BCUT2D eigenvalue weighted by molar-refractivity contribution is -0.110. The molecule has 32 heavy (non-hydrogen) atoms. The van der Waals surface area contributed by atoms with E-state index in [0.717, 1.165) is 86.1 Å². The Morgan fingerprint density at radius 2 is 2.06 bits per heavy atom. The zero-order valence-corrected chi connectivity index (χ0v) is 18.6. The number of aromatic nitrogens is 1. The van der Waals surface area contributed by atoms with Crippen LogP contribution < -0.4 is 10.1 Å². The fraction of sp³-hybridized carbons (Fsp3) is 0.458. The number of nitrogens with one attached hydrogen (secondary N) is 2. The number of ether oxygens (including phenoxy) is 2. The summed E-state index contributed by atoms with van der Waals surface area (Å²) in [6, 6.07) is 5.57. The first-order chi connectivity index (χ1) is 15.5. The van der Waals surface area contributed by atoms with Crippen LogP contribution in [0.1, 0.15) is 34.3 Å². The van der Waals surface area contributed by atoms with Gasteiger partial charge in [0.2, 0.25) is 0 Å². The normalized spacial score (nSPS) is 22.7. The summed E-state index contributed by atoms with van der Waals surface area (Å²) in [5.41, 5.74) is 6.05. The molecule has 1 aromatic heterocycles. The van der Waals surface area contributed by atoms with E-state index in [-0.39, 0.29) is 5.91 Å². The summed E-state index contributed by atoms with van der Waals surface area (Å²) in [6.07, 6.45) is 2.09. The Morgan fingerprint density at radius 3 is 2.84 bits per heavy atom. The average molecular weight is 439 g/mol. The van der Waals surface area contributed by atoms with Gasteiger partial charge in [0.15, 0.2) is 0 Å². The summed E-state index contributed by atoms with van der Waals surface area (Å²) in [5, 5.41) is 14.0. The van der Waals surface area contributed by atoms with Crippen LogP contribution in [0.2, 0.25) is 0 Å². The van der Waals surface area contributed by atoms with Gasteiger partial charge in [0.25, 0.3) is 5.91 Å². The molecule has 1 atom stereocenters. The minimum Gasteiger partial charge on any atom is -0.497 e. The van der Waals surface area contributed by atoms with Crippen LogP contribution in [0.25, 0.3) is 11.6 Å². The molecule has 0 aliphatic carbocycles. The third-order valence-corrected chi connectivity index (χ3v) is 6.78. The lowest BCUT2D eigenvalue weighted by atomic mass is 10.00. The molecule has 3 aliphatic rings. The maximum absolute atomic E-state index is 12.6. The molecule has 1 amide bonds. The molecule has 1 fully saturated rings. The molecule has 0 bridgehead atoms. The zero-order valence-electron chi connectivity index (χ0n) is 18.6. The highest BCUT2D eigenvalue weighted by Gasteiger charge is 2.31. The minimum atomic E-state index is -0.645. The minimum absolute atomic E-state index is 0.132. The number of carbonyl (C=O) groups is 1. The van der Waals surface area contributed by atoms with Crippen LogP contribution >= 0.6 is 0 Å². The van der Waals surface area contributed by atoms with Gasteiger partial charge in [0.05, 0.1) is 25.9 Å². The van der Waals surface area contributed by atoms with Crippen molar-refractivity contribution in [2.45, 2.75) is 19.6 Å². The van der Waals surface area contributed by atoms with Crippen LogP contribution in [0.3, 0.4) is 0 Å².